The van der Waals surface area contributed by atoms with Crippen LogP contribution in [0.2, 0.25) is 5.02 Å². The molecule has 8 heteroatoms. The lowest BCUT2D eigenvalue weighted by Gasteiger charge is -2.23. The molecule has 1 aromatic carbocycles. The van der Waals surface area contributed by atoms with E-state index in [2.05, 4.69) is 4.72 Å². The fourth-order valence-corrected chi connectivity index (χ4v) is 3.76. The van der Waals surface area contributed by atoms with Gasteiger partial charge in [-0.25, -0.2) is 17.5 Å². The highest BCUT2D eigenvalue weighted by molar-refractivity contribution is 7.89. The molecule has 3 N–H and O–H groups in total. The molecular weight excluding hydrogens is 307 g/mol. The second kappa shape index (κ2) is 5.48. The van der Waals surface area contributed by atoms with Gasteiger partial charge in [-0.1, -0.05) is 11.6 Å². The maximum absolute atomic E-state index is 13.2. The number of benzene rings is 1. The molecule has 1 aromatic rings. The van der Waals surface area contributed by atoms with Crippen LogP contribution in [-0.4, -0.2) is 27.2 Å². The minimum Gasteiger partial charge on any atom is -0.396 e. The Hall–Kier alpha value is -0.890. The molecule has 112 valence electrons. The molecule has 0 radical (unpaired) electrons. The second-order valence-corrected chi connectivity index (χ2v) is 7.17. The van der Waals surface area contributed by atoms with Gasteiger partial charge in [0.2, 0.25) is 10.0 Å². The Morgan fingerprint density at radius 2 is 2.25 bits per heavy atom. The molecule has 1 aliphatic rings. The van der Waals surface area contributed by atoms with Crippen molar-refractivity contribution < 1.29 is 17.5 Å². The van der Waals surface area contributed by atoms with Crippen LogP contribution in [0.4, 0.5) is 10.1 Å². The van der Waals surface area contributed by atoms with Crippen LogP contribution >= 0.6 is 11.6 Å². The normalized spacial score (nSPS) is 23.1. The summed E-state index contributed by atoms with van der Waals surface area (Å²) in [6.45, 7) is 2.58. The van der Waals surface area contributed by atoms with Crippen LogP contribution in [0.5, 0.6) is 0 Å². The van der Waals surface area contributed by atoms with Crippen LogP contribution in [0.3, 0.4) is 0 Å². The Balaban J connectivity index is 2.20. The Kier molecular flexibility index (Phi) is 4.24. The fourth-order valence-electron chi connectivity index (χ4n) is 2.05. The predicted molar refractivity (Wildman–Crippen MR) is 74.6 cm³/mol. The van der Waals surface area contributed by atoms with Gasteiger partial charge in [-0.05, 0) is 31.9 Å². The van der Waals surface area contributed by atoms with Crippen LogP contribution in [-0.2, 0) is 14.8 Å². The smallest absolute Gasteiger partial charge is 0.242 e. The van der Waals surface area contributed by atoms with Crippen molar-refractivity contribution in [3.8, 4) is 0 Å². The molecule has 1 fully saturated rings. The van der Waals surface area contributed by atoms with Crippen LogP contribution in [0, 0.1) is 5.82 Å². The molecule has 1 atom stereocenters. The molecule has 20 heavy (non-hydrogen) atoms. The Morgan fingerprint density at radius 1 is 1.55 bits per heavy atom. The highest BCUT2D eigenvalue weighted by Gasteiger charge is 2.32. The lowest BCUT2D eigenvalue weighted by Crippen LogP contribution is -2.40. The summed E-state index contributed by atoms with van der Waals surface area (Å²) in [4.78, 5) is -0.236. The van der Waals surface area contributed by atoms with E-state index in [4.69, 9.17) is 22.1 Å². The van der Waals surface area contributed by atoms with Crippen LogP contribution in [0.15, 0.2) is 17.0 Å². The van der Waals surface area contributed by atoms with Gasteiger partial charge in [0.15, 0.2) is 0 Å². The quantitative estimate of drug-likeness (QED) is 0.830. The van der Waals surface area contributed by atoms with Crippen molar-refractivity contribution in [2.75, 3.05) is 18.9 Å². The minimum absolute atomic E-state index is 0.128. The van der Waals surface area contributed by atoms with Gasteiger partial charge in [-0.3, -0.25) is 0 Å². The first kappa shape index (κ1) is 15.5. The van der Waals surface area contributed by atoms with E-state index in [1.165, 1.54) is 0 Å². The highest BCUT2D eigenvalue weighted by atomic mass is 35.5. The lowest BCUT2D eigenvalue weighted by atomic mass is 10.0. The maximum Gasteiger partial charge on any atom is 0.242 e. The summed E-state index contributed by atoms with van der Waals surface area (Å²) in [5.74, 6) is -0.750. The summed E-state index contributed by atoms with van der Waals surface area (Å²) in [5, 5.41) is -0.207. The van der Waals surface area contributed by atoms with Gasteiger partial charge in [0.1, 0.15) is 10.7 Å². The first-order valence-corrected chi connectivity index (χ1v) is 7.98. The molecule has 0 aliphatic carbocycles. The van der Waals surface area contributed by atoms with Gasteiger partial charge in [-0.15, -0.1) is 0 Å². The van der Waals surface area contributed by atoms with Gasteiger partial charge in [0.25, 0.3) is 0 Å². The average Bonchev–Trinajstić information content (AvgIpc) is 2.79. The number of nitrogens with one attached hydrogen (secondary N) is 1. The standard InChI is InChI=1S/C12H16ClFN2O3S/c1-12(3-2-4-19-12)7-16-20(17,18)11-6-10(15)9(14)5-8(11)13/h5-6,16H,2-4,7,15H2,1H3. The van der Waals surface area contributed by atoms with E-state index in [9.17, 15) is 12.8 Å². The van der Waals surface area contributed by atoms with Gasteiger partial charge in [0, 0.05) is 13.2 Å². The van der Waals surface area contributed by atoms with E-state index in [0.29, 0.717) is 6.61 Å². The third kappa shape index (κ3) is 3.22. The maximum atomic E-state index is 13.2. The molecule has 0 aromatic heterocycles. The highest BCUT2D eigenvalue weighted by Crippen LogP contribution is 2.28. The zero-order valence-corrected chi connectivity index (χ0v) is 12.5. The number of nitrogens with two attached hydrogens (primary N) is 1. The third-order valence-corrected chi connectivity index (χ3v) is 5.14. The number of rotatable bonds is 4. The van der Waals surface area contributed by atoms with Crippen molar-refractivity contribution in [2.45, 2.75) is 30.3 Å². The van der Waals surface area contributed by atoms with E-state index in [1.807, 2.05) is 6.92 Å². The van der Waals surface area contributed by atoms with E-state index in [1.54, 1.807) is 0 Å². The first-order chi connectivity index (χ1) is 9.23. The lowest BCUT2D eigenvalue weighted by molar-refractivity contribution is 0.0250. The molecule has 0 bridgehead atoms. The number of hydrogen-bond acceptors (Lipinski definition) is 4. The van der Waals surface area contributed by atoms with Crippen molar-refractivity contribution in [3.05, 3.63) is 23.0 Å². The summed E-state index contributed by atoms with van der Waals surface area (Å²) >= 11 is 5.77. The topological polar surface area (TPSA) is 81.4 Å². The largest absolute Gasteiger partial charge is 0.396 e. The number of hydrogen-bond donors (Lipinski definition) is 2. The van der Waals surface area contributed by atoms with Gasteiger partial charge in [-0.2, -0.15) is 0 Å². The molecule has 0 saturated carbocycles. The molecule has 1 heterocycles. The molecule has 0 spiro atoms. The summed E-state index contributed by atoms with van der Waals surface area (Å²) in [7, 11) is -3.86. The van der Waals surface area contributed by atoms with E-state index < -0.39 is 21.4 Å². The van der Waals surface area contributed by atoms with Gasteiger partial charge in [0.05, 0.1) is 16.3 Å². The molecule has 0 amide bonds. The van der Waals surface area contributed by atoms with Gasteiger partial charge >= 0.3 is 0 Å². The summed E-state index contributed by atoms with van der Waals surface area (Å²) in [5.41, 5.74) is 4.59. The zero-order chi connectivity index (χ0) is 15.0. The Labute approximate surface area is 122 Å². The number of anilines is 1. The number of halogens is 2. The van der Waals surface area contributed by atoms with Crippen molar-refractivity contribution in [3.63, 3.8) is 0 Å². The Bertz CT molecular complexity index is 615. The predicted octanol–water partition coefficient (Wildman–Crippen LogP) is 1.91. The van der Waals surface area contributed by atoms with E-state index in [0.717, 1.165) is 25.0 Å². The van der Waals surface area contributed by atoms with Crippen molar-refractivity contribution in [2.24, 2.45) is 0 Å². The summed E-state index contributed by atoms with van der Waals surface area (Å²) in [6, 6.07) is 1.90. The third-order valence-electron chi connectivity index (χ3n) is 3.28. The SMILES string of the molecule is CC1(CNS(=O)(=O)c2cc(N)c(F)cc2Cl)CCCO1. The molecule has 1 saturated heterocycles. The monoisotopic (exact) mass is 322 g/mol. The first-order valence-electron chi connectivity index (χ1n) is 6.12. The number of sulfonamides is 1. The Morgan fingerprint density at radius 3 is 2.85 bits per heavy atom. The molecule has 5 nitrogen and oxygen atoms in total. The molecular formula is C12H16ClFN2O3S. The van der Waals surface area contributed by atoms with Crippen LogP contribution < -0.4 is 10.5 Å². The van der Waals surface area contributed by atoms with Crippen molar-refractivity contribution in [1.29, 1.82) is 0 Å². The summed E-state index contributed by atoms with van der Waals surface area (Å²) in [6.07, 6.45) is 1.66. The summed E-state index contributed by atoms with van der Waals surface area (Å²) < 4.78 is 45.5. The molecule has 2 rings (SSSR count). The number of nitrogen functional groups attached to an aromatic ring is 1. The van der Waals surface area contributed by atoms with E-state index >= 15 is 0 Å². The molecule has 1 unspecified atom stereocenters. The minimum atomic E-state index is -3.86. The van der Waals surface area contributed by atoms with Crippen molar-refractivity contribution >= 4 is 27.3 Å². The van der Waals surface area contributed by atoms with Crippen molar-refractivity contribution in [1.82, 2.24) is 4.72 Å². The van der Waals surface area contributed by atoms with Crippen LogP contribution in [0.1, 0.15) is 19.8 Å². The zero-order valence-electron chi connectivity index (χ0n) is 10.9. The molecule has 1 aliphatic heterocycles. The number of ether oxygens (including phenoxy) is 1. The van der Waals surface area contributed by atoms with E-state index in [-0.39, 0.29) is 22.2 Å². The average molecular weight is 323 g/mol. The van der Waals surface area contributed by atoms with Gasteiger partial charge < -0.3 is 10.5 Å². The van der Waals surface area contributed by atoms with Crippen LogP contribution in [0.25, 0.3) is 0 Å². The fraction of sp³-hybridized carbons (Fsp3) is 0.500. The second-order valence-electron chi connectivity index (χ2n) is 5.03.